The largest absolute Gasteiger partial charge is 0.488 e. The molecule has 1 fully saturated rings. The van der Waals surface area contributed by atoms with Crippen LogP contribution in [0.15, 0.2) is 28.9 Å². The van der Waals surface area contributed by atoms with Gasteiger partial charge >= 0.3 is 10.3 Å². The number of amides is 2. The van der Waals surface area contributed by atoms with Gasteiger partial charge in [0, 0.05) is 5.38 Å². The van der Waals surface area contributed by atoms with Crippen LogP contribution in [0.2, 0.25) is 0 Å². The summed E-state index contributed by atoms with van der Waals surface area (Å²) < 4.78 is 37.2. The van der Waals surface area contributed by atoms with Crippen molar-refractivity contribution in [2.75, 3.05) is 18.9 Å². The molecule has 3 heterocycles. The number of carbonyl (C=O) groups is 2. The molecule has 17 heteroatoms. The van der Waals surface area contributed by atoms with E-state index in [-0.39, 0.29) is 39.9 Å². The van der Waals surface area contributed by atoms with Crippen molar-refractivity contribution in [3.8, 4) is 5.75 Å². The van der Waals surface area contributed by atoms with Crippen LogP contribution in [-0.4, -0.2) is 75.9 Å². The molecule has 2 aromatic rings. The molecule has 2 amide bonds. The molecule has 0 spiro atoms. The molecular formula is C17H20N8O7S2. The number of β-lactam (4-membered cyclic amide) rings is 1. The molecular weight excluding hydrogens is 492 g/mol. The highest BCUT2D eigenvalue weighted by atomic mass is 32.2. The smallest absolute Gasteiger partial charge is 0.362 e. The lowest BCUT2D eigenvalue weighted by atomic mass is 10.0. The van der Waals surface area contributed by atoms with E-state index in [4.69, 9.17) is 31.0 Å². The average Bonchev–Trinajstić information content (AvgIpc) is 3.19. The molecule has 1 aliphatic rings. The molecule has 0 bridgehead atoms. The number of nitrogens with one attached hydrogen (secondary N) is 2. The van der Waals surface area contributed by atoms with Crippen molar-refractivity contribution < 1.29 is 32.1 Å². The van der Waals surface area contributed by atoms with Crippen molar-refractivity contribution in [3.05, 3.63) is 35.1 Å². The topological polar surface area (TPSA) is 236 Å². The van der Waals surface area contributed by atoms with Crippen LogP contribution in [0, 0.1) is 5.41 Å². The van der Waals surface area contributed by atoms with Crippen LogP contribution in [0.4, 0.5) is 5.13 Å². The maximum Gasteiger partial charge on any atom is 0.362 e. The Labute approximate surface area is 197 Å². The van der Waals surface area contributed by atoms with E-state index in [0.29, 0.717) is 11.4 Å². The highest BCUT2D eigenvalue weighted by Crippen LogP contribution is 2.23. The fourth-order valence-electron chi connectivity index (χ4n) is 2.85. The van der Waals surface area contributed by atoms with Gasteiger partial charge in [-0.25, -0.2) is 14.3 Å². The Morgan fingerprint density at radius 2 is 2.12 bits per heavy atom. The summed E-state index contributed by atoms with van der Waals surface area (Å²) in [5.74, 6) is -1.65. The third kappa shape index (κ3) is 5.56. The van der Waals surface area contributed by atoms with Gasteiger partial charge in [-0.1, -0.05) is 5.16 Å². The summed E-state index contributed by atoms with van der Waals surface area (Å²) in [5.41, 5.74) is 11.0. The second kappa shape index (κ2) is 9.98. The summed E-state index contributed by atoms with van der Waals surface area (Å²) in [6.07, 6.45) is 1.38. The molecule has 1 saturated heterocycles. The number of nitrogens with two attached hydrogens (primary N) is 2. The molecule has 2 aromatic heterocycles. The van der Waals surface area contributed by atoms with E-state index >= 15 is 0 Å². The van der Waals surface area contributed by atoms with Gasteiger partial charge < -0.3 is 26.4 Å². The Balaban J connectivity index is 1.61. The normalized spacial score (nSPS) is 18.2. The SMILES string of the molecule is C[C@H]1[C@H](NC(=O)C(=NOCCOc2ccc(C(=N)N)nc2)c2csc(N)n2)C(=O)N1S(=O)(=O)O. The highest BCUT2D eigenvalue weighted by Gasteiger charge is 2.51. The molecule has 34 heavy (non-hydrogen) atoms. The number of carbonyl (C=O) groups excluding carboxylic acids is 2. The number of amidine groups is 1. The van der Waals surface area contributed by atoms with Gasteiger partial charge in [0.1, 0.15) is 35.6 Å². The van der Waals surface area contributed by atoms with E-state index in [1.807, 2.05) is 0 Å². The third-order valence-corrected chi connectivity index (χ3v) is 6.15. The minimum absolute atomic E-state index is 0.0279. The second-order valence-corrected chi connectivity index (χ2v) is 8.97. The van der Waals surface area contributed by atoms with E-state index in [2.05, 4.69) is 20.4 Å². The maximum absolute atomic E-state index is 12.7. The number of thiazole rings is 1. The van der Waals surface area contributed by atoms with Gasteiger partial charge in [0.15, 0.2) is 17.5 Å². The van der Waals surface area contributed by atoms with Crippen LogP contribution in [0.1, 0.15) is 18.3 Å². The zero-order valence-electron chi connectivity index (χ0n) is 17.5. The molecule has 7 N–H and O–H groups in total. The average molecular weight is 513 g/mol. The van der Waals surface area contributed by atoms with Gasteiger partial charge in [0.25, 0.3) is 11.8 Å². The molecule has 0 unspecified atom stereocenters. The molecule has 0 radical (unpaired) electrons. The standard InChI is InChI=1S/C17H20N8O7S2/c1-8-12(16(27)25(8)34(28,29)30)23-15(26)13(11-7-33-17(20)22-11)24-32-5-4-31-9-2-3-10(14(18)19)21-6-9/h2-3,6-8,12H,4-5H2,1H3,(H3,18,19)(H2,20,22)(H,23,26)(H,28,29,30)/t8-,12-/m0/s1. The highest BCUT2D eigenvalue weighted by molar-refractivity contribution is 7.84. The van der Waals surface area contributed by atoms with Crippen LogP contribution >= 0.6 is 11.3 Å². The lowest BCUT2D eigenvalue weighted by Crippen LogP contribution is -2.71. The lowest BCUT2D eigenvalue weighted by molar-refractivity contribution is -0.143. The van der Waals surface area contributed by atoms with Gasteiger partial charge in [-0.3, -0.25) is 19.6 Å². The Morgan fingerprint density at radius 1 is 1.38 bits per heavy atom. The van der Waals surface area contributed by atoms with Crippen molar-refractivity contribution in [2.45, 2.75) is 19.0 Å². The van der Waals surface area contributed by atoms with Crippen molar-refractivity contribution in [1.29, 1.82) is 5.41 Å². The number of hydrogen-bond acceptors (Lipinski definition) is 12. The van der Waals surface area contributed by atoms with E-state index in [1.165, 1.54) is 24.6 Å². The van der Waals surface area contributed by atoms with Gasteiger partial charge in [-0.05, 0) is 19.1 Å². The van der Waals surface area contributed by atoms with Gasteiger partial charge in [-0.2, -0.15) is 8.42 Å². The number of nitrogens with zero attached hydrogens (tertiary/aromatic N) is 4. The Bertz CT molecular complexity index is 1230. The Hall–Kier alpha value is -3.83. The third-order valence-electron chi connectivity index (χ3n) is 4.46. The van der Waals surface area contributed by atoms with E-state index < -0.39 is 34.2 Å². The fourth-order valence-corrected chi connectivity index (χ4v) is 4.28. The van der Waals surface area contributed by atoms with Crippen molar-refractivity contribution in [3.63, 3.8) is 0 Å². The first-order chi connectivity index (χ1) is 16.0. The van der Waals surface area contributed by atoms with Crippen LogP contribution in [-0.2, 0) is 24.7 Å². The molecule has 15 nitrogen and oxygen atoms in total. The zero-order valence-corrected chi connectivity index (χ0v) is 19.2. The van der Waals surface area contributed by atoms with Crippen molar-refractivity contribution >= 4 is 50.1 Å². The first-order valence-corrected chi connectivity index (χ1v) is 11.7. The predicted octanol–water partition coefficient (Wildman–Crippen LogP) is -1.28. The number of aromatic nitrogens is 2. The summed E-state index contributed by atoms with van der Waals surface area (Å²) in [5, 5.41) is 15.0. The molecule has 3 rings (SSSR count). The zero-order chi connectivity index (χ0) is 25.0. The first-order valence-electron chi connectivity index (χ1n) is 9.45. The molecule has 2 atom stereocenters. The summed E-state index contributed by atoms with van der Waals surface area (Å²) >= 11 is 1.04. The van der Waals surface area contributed by atoms with Crippen LogP contribution in [0.25, 0.3) is 0 Å². The van der Waals surface area contributed by atoms with E-state index in [0.717, 1.165) is 11.3 Å². The van der Waals surface area contributed by atoms with Gasteiger partial charge in [0.05, 0.1) is 12.2 Å². The Kier molecular flexibility index (Phi) is 7.28. The molecule has 0 aromatic carbocycles. The summed E-state index contributed by atoms with van der Waals surface area (Å²) in [6.45, 7) is 1.28. The van der Waals surface area contributed by atoms with Gasteiger partial charge in [0.2, 0.25) is 0 Å². The minimum atomic E-state index is -4.74. The van der Waals surface area contributed by atoms with Crippen LogP contribution < -0.4 is 21.5 Å². The summed E-state index contributed by atoms with van der Waals surface area (Å²) in [7, 11) is -4.74. The molecule has 0 aliphatic carbocycles. The minimum Gasteiger partial charge on any atom is -0.488 e. The molecule has 1 aliphatic heterocycles. The number of nitrogen functional groups attached to an aromatic ring is 2. The number of ether oxygens (including phenoxy) is 1. The second-order valence-electron chi connectivity index (χ2n) is 6.79. The quantitative estimate of drug-likeness (QED) is 0.0627. The predicted molar refractivity (Wildman–Crippen MR) is 120 cm³/mol. The number of anilines is 1. The first kappa shape index (κ1) is 24.8. The number of oxime groups is 1. The summed E-state index contributed by atoms with van der Waals surface area (Å²) in [6, 6.07) is 0.865. The number of hydrogen-bond donors (Lipinski definition) is 5. The number of rotatable bonds is 10. The summed E-state index contributed by atoms with van der Waals surface area (Å²) in [4.78, 5) is 37.8. The monoisotopic (exact) mass is 512 g/mol. The maximum atomic E-state index is 12.7. The molecule has 0 saturated carbocycles. The number of pyridine rings is 1. The fraction of sp³-hybridized carbons (Fsp3) is 0.294. The van der Waals surface area contributed by atoms with Crippen LogP contribution in [0.5, 0.6) is 5.75 Å². The van der Waals surface area contributed by atoms with E-state index in [1.54, 1.807) is 6.07 Å². The van der Waals surface area contributed by atoms with E-state index in [9.17, 15) is 18.0 Å². The van der Waals surface area contributed by atoms with Gasteiger partial charge in [-0.15, -0.1) is 11.3 Å². The van der Waals surface area contributed by atoms with Crippen LogP contribution in [0.3, 0.4) is 0 Å². The molecule has 182 valence electrons. The lowest BCUT2D eigenvalue weighted by Gasteiger charge is -2.42. The Morgan fingerprint density at radius 3 is 2.65 bits per heavy atom. The van der Waals surface area contributed by atoms with Crippen molar-refractivity contribution in [2.24, 2.45) is 10.9 Å². The van der Waals surface area contributed by atoms with Crippen molar-refractivity contribution in [1.82, 2.24) is 19.6 Å².